The van der Waals surface area contributed by atoms with Crippen molar-refractivity contribution in [1.82, 2.24) is 5.32 Å². The van der Waals surface area contributed by atoms with Gasteiger partial charge >= 0.3 is 0 Å². The van der Waals surface area contributed by atoms with E-state index in [9.17, 15) is 8.42 Å². The minimum Gasteiger partial charge on any atom is -0.368 e. The van der Waals surface area contributed by atoms with E-state index in [-0.39, 0.29) is 5.75 Å². The Morgan fingerprint density at radius 1 is 0.769 bits per heavy atom. The van der Waals surface area contributed by atoms with E-state index in [0.29, 0.717) is 11.4 Å². The van der Waals surface area contributed by atoms with Gasteiger partial charge in [-0.25, -0.2) is 8.42 Å². The number of hydrogen-bond acceptors (Lipinski definition) is 4. The molecule has 3 aliphatic rings. The molecule has 0 spiro atoms. The number of aryl methyl sites for hydroxylation is 1. The Kier molecular flexibility index (Phi) is 8.40. The molecule has 3 N–H and O–H groups in total. The molecule has 5 heteroatoms. The highest BCUT2D eigenvalue weighted by Gasteiger charge is 2.28. The molecule has 0 fully saturated rings. The topological polar surface area (TPSA) is 72.2 Å². The Balaban J connectivity index is 0.000000384. The highest BCUT2D eigenvalue weighted by molar-refractivity contribution is 8.00. The van der Waals surface area contributed by atoms with Gasteiger partial charge in [-0.05, 0) is 82.3 Å². The summed E-state index contributed by atoms with van der Waals surface area (Å²) in [4.78, 5) is 0.489. The number of nitrogens with one attached hydrogen (secondary N) is 1. The van der Waals surface area contributed by atoms with Crippen LogP contribution in [0.3, 0.4) is 0 Å². The van der Waals surface area contributed by atoms with Crippen LogP contribution in [0.1, 0.15) is 39.8 Å². The fraction of sp³-hybridized carbons (Fsp3) is 0.176. The third-order valence-corrected chi connectivity index (χ3v) is 8.96. The Labute approximate surface area is 231 Å². The van der Waals surface area contributed by atoms with E-state index in [1.807, 2.05) is 79.2 Å². The average molecular weight is 535 g/mol. The number of allylic oxidation sites excluding steroid dienone is 5. The Morgan fingerprint density at radius 2 is 1.49 bits per heavy atom. The molecule has 0 bridgehead atoms. The SMILES string of the molecule is C1=CC=CNC=C1.NCc1ccc(C=CCS(=O)(=O)C2=CCCc3c2ccc2c3CCc3ccccc3-2)cc1. The summed E-state index contributed by atoms with van der Waals surface area (Å²) in [5.74, 6) is -0.00314. The first-order valence-corrected chi connectivity index (χ1v) is 15.1. The zero-order valence-electron chi connectivity index (χ0n) is 22.0. The number of benzene rings is 3. The summed E-state index contributed by atoms with van der Waals surface area (Å²) in [6.45, 7) is 0.501. The van der Waals surface area contributed by atoms with Crippen LogP contribution in [0.15, 0.2) is 110 Å². The van der Waals surface area contributed by atoms with Gasteiger partial charge in [0.25, 0.3) is 0 Å². The van der Waals surface area contributed by atoms with Crippen LogP contribution < -0.4 is 11.1 Å². The molecule has 39 heavy (non-hydrogen) atoms. The lowest BCUT2D eigenvalue weighted by Crippen LogP contribution is -2.15. The maximum absolute atomic E-state index is 13.3. The summed E-state index contributed by atoms with van der Waals surface area (Å²) in [6.07, 6.45) is 20.8. The van der Waals surface area contributed by atoms with Crippen molar-refractivity contribution in [3.8, 4) is 11.1 Å². The second-order valence-electron chi connectivity index (χ2n) is 9.78. The first-order valence-electron chi connectivity index (χ1n) is 13.4. The normalized spacial score (nSPS) is 15.3. The molecule has 3 aromatic rings. The van der Waals surface area contributed by atoms with Gasteiger partial charge in [0.15, 0.2) is 9.84 Å². The summed E-state index contributed by atoms with van der Waals surface area (Å²) in [7, 11) is -3.41. The van der Waals surface area contributed by atoms with Crippen molar-refractivity contribution in [1.29, 1.82) is 0 Å². The van der Waals surface area contributed by atoms with Gasteiger partial charge in [0.05, 0.1) is 10.7 Å². The first-order chi connectivity index (χ1) is 19.1. The predicted octanol–water partition coefficient (Wildman–Crippen LogP) is 6.50. The maximum atomic E-state index is 13.3. The van der Waals surface area contributed by atoms with Gasteiger partial charge in [0, 0.05) is 18.9 Å². The molecular formula is C34H34N2O2S. The van der Waals surface area contributed by atoms with Gasteiger partial charge < -0.3 is 11.1 Å². The molecule has 6 rings (SSSR count). The van der Waals surface area contributed by atoms with Gasteiger partial charge in [-0.2, -0.15) is 0 Å². The fourth-order valence-electron chi connectivity index (χ4n) is 5.33. The maximum Gasteiger partial charge on any atom is 0.182 e. The van der Waals surface area contributed by atoms with Gasteiger partial charge in [-0.15, -0.1) is 0 Å². The fourth-order valence-corrected chi connectivity index (χ4v) is 6.76. The molecule has 1 aliphatic heterocycles. The molecule has 198 valence electrons. The molecule has 1 heterocycles. The van der Waals surface area contributed by atoms with E-state index in [0.717, 1.165) is 42.4 Å². The van der Waals surface area contributed by atoms with Crippen molar-refractivity contribution in [2.45, 2.75) is 32.2 Å². The minimum absolute atomic E-state index is 0.00314. The van der Waals surface area contributed by atoms with Crippen molar-refractivity contribution in [3.05, 3.63) is 143 Å². The van der Waals surface area contributed by atoms with Gasteiger partial charge in [-0.3, -0.25) is 0 Å². The van der Waals surface area contributed by atoms with Crippen LogP contribution in [-0.2, 0) is 35.6 Å². The molecule has 0 unspecified atom stereocenters. The molecule has 0 atom stereocenters. The Morgan fingerprint density at radius 3 is 2.26 bits per heavy atom. The van der Waals surface area contributed by atoms with Gasteiger partial charge in [0.2, 0.25) is 0 Å². The van der Waals surface area contributed by atoms with Crippen molar-refractivity contribution < 1.29 is 8.42 Å². The zero-order valence-corrected chi connectivity index (χ0v) is 22.8. The van der Waals surface area contributed by atoms with Crippen LogP contribution in [0, 0.1) is 0 Å². The second-order valence-corrected chi connectivity index (χ2v) is 11.8. The molecule has 0 amide bonds. The quantitative estimate of drug-likeness (QED) is 0.392. The van der Waals surface area contributed by atoms with E-state index >= 15 is 0 Å². The highest BCUT2D eigenvalue weighted by atomic mass is 32.2. The number of nitrogens with two attached hydrogens (primary N) is 1. The summed E-state index contributed by atoms with van der Waals surface area (Å²) in [5, 5.41) is 2.92. The van der Waals surface area contributed by atoms with Crippen LogP contribution in [-0.4, -0.2) is 14.2 Å². The van der Waals surface area contributed by atoms with Gasteiger partial charge in [0.1, 0.15) is 0 Å². The summed E-state index contributed by atoms with van der Waals surface area (Å²) < 4.78 is 26.5. The number of fused-ring (bicyclic) bond motifs is 5. The second kappa shape index (κ2) is 12.3. The van der Waals surface area contributed by atoms with Crippen molar-refractivity contribution in [3.63, 3.8) is 0 Å². The Hall–Kier alpha value is -3.93. The summed E-state index contributed by atoms with van der Waals surface area (Å²) >= 11 is 0. The lowest BCUT2D eigenvalue weighted by Gasteiger charge is -2.27. The monoisotopic (exact) mass is 534 g/mol. The van der Waals surface area contributed by atoms with Crippen LogP contribution in [0.4, 0.5) is 0 Å². The van der Waals surface area contributed by atoms with Crippen LogP contribution in [0.5, 0.6) is 0 Å². The number of rotatable bonds is 5. The van der Waals surface area contributed by atoms with Crippen molar-refractivity contribution in [2.24, 2.45) is 5.73 Å². The molecule has 0 aromatic heterocycles. The summed E-state index contributed by atoms with van der Waals surface area (Å²) in [5.41, 5.74) is 15.1. The molecule has 0 radical (unpaired) electrons. The molecule has 3 aromatic carbocycles. The predicted molar refractivity (Wildman–Crippen MR) is 163 cm³/mol. The van der Waals surface area contributed by atoms with Crippen molar-refractivity contribution in [2.75, 3.05) is 5.75 Å². The number of sulfone groups is 1. The first kappa shape index (κ1) is 26.7. The largest absolute Gasteiger partial charge is 0.368 e. The van der Waals surface area contributed by atoms with Crippen LogP contribution >= 0.6 is 0 Å². The van der Waals surface area contributed by atoms with Crippen LogP contribution in [0.25, 0.3) is 22.1 Å². The van der Waals surface area contributed by atoms with Crippen LogP contribution in [0.2, 0.25) is 0 Å². The molecular weight excluding hydrogens is 500 g/mol. The average Bonchev–Trinajstić information content (AvgIpc) is 3.30. The third kappa shape index (κ3) is 6.22. The lowest BCUT2D eigenvalue weighted by molar-refractivity contribution is 0.608. The van der Waals surface area contributed by atoms with E-state index < -0.39 is 9.84 Å². The van der Waals surface area contributed by atoms with E-state index in [1.54, 1.807) is 6.08 Å². The van der Waals surface area contributed by atoms with Gasteiger partial charge in [-0.1, -0.05) is 91.0 Å². The Bertz CT molecular complexity index is 1580. The van der Waals surface area contributed by atoms with E-state index in [1.165, 1.54) is 27.8 Å². The summed E-state index contributed by atoms with van der Waals surface area (Å²) in [6, 6.07) is 20.6. The van der Waals surface area contributed by atoms with E-state index in [4.69, 9.17) is 5.73 Å². The van der Waals surface area contributed by atoms with Crippen molar-refractivity contribution >= 4 is 20.8 Å². The molecule has 2 aliphatic carbocycles. The number of hydrogen-bond donors (Lipinski definition) is 2. The lowest BCUT2D eigenvalue weighted by atomic mass is 9.79. The third-order valence-electron chi connectivity index (χ3n) is 7.27. The highest BCUT2D eigenvalue weighted by Crippen LogP contribution is 2.41. The molecule has 0 saturated heterocycles. The zero-order chi connectivity index (χ0) is 27.1. The minimum atomic E-state index is -3.41. The smallest absolute Gasteiger partial charge is 0.182 e. The standard InChI is InChI=1S/C28H27NO2S.C6H7N/c29-19-21-12-10-20(11-13-21)5-4-18-32(30,31)28-9-3-8-24-26-15-14-22-6-1-2-7-23(22)25(26)16-17-27(24)28;1-2-4-6-7-5-3-1/h1-2,4-7,9-13,16-17H,3,8,14-15,18-19,29H2;1-7H. The molecule has 0 saturated carbocycles. The van der Waals surface area contributed by atoms with E-state index in [2.05, 4.69) is 35.6 Å². The molecule has 4 nitrogen and oxygen atoms in total.